The van der Waals surface area contributed by atoms with Crippen LogP contribution in [0.25, 0.3) is 0 Å². The Hall–Kier alpha value is -0.570. The summed E-state index contributed by atoms with van der Waals surface area (Å²) in [6.45, 7) is 3.41. The van der Waals surface area contributed by atoms with Gasteiger partial charge in [-0.1, -0.05) is 13.3 Å². The molecule has 1 saturated heterocycles. The Bertz CT molecular complexity index is 267. The third kappa shape index (κ3) is 2.82. The summed E-state index contributed by atoms with van der Waals surface area (Å²) in [5.74, 6) is 1.25. The number of carbonyl (C=O) groups is 1. The van der Waals surface area contributed by atoms with Crippen molar-refractivity contribution in [2.24, 2.45) is 11.8 Å². The molecule has 1 heterocycles. The molecule has 3 atom stereocenters. The molecule has 0 radical (unpaired) electrons. The highest BCUT2D eigenvalue weighted by molar-refractivity contribution is 5.80. The number of aliphatic hydroxyl groups is 1. The van der Waals surface area contributed by atoms with E-state index >= 15 is 0 Å². The highest BCUT2D eigenvalue weighted by Crippen LogP contribution is 2.35. The molecule has 0 spiro atoms. The average molecular weight is 239 g/mol. The molecule has 2 fully saturated rings. The summed E-state index contributed by atoms with van der Waals surface area (Å²) in [5.41, 5.74) is 0. The molecular weight excluding hydrogens is 214 g/mol. The minimum absolute atomic E-state index is 0.248. The smallest absolute Gasteiger partial charge is 0.226 e. The highest BCUT2D eigenvalue weighted by atomic mass is 16.3. The van der Waals surface area contributed by atoms with Gasteiger partial charge in [0.1, 0.15) is 0 Å². The molecule has 2 rings (SSSR count). The summed E-state index contributed by atoms with van der Waals surface area (Å²) in [6.07, 6.45) is 7.59. The van der Waals surface area contributed by atoms with E-state index in [1.54, 1.807) is 0 Å². The van der Waals surface area contributed by atoms with Crippen LogP contribution < -0.4 is 0 Å². The van der Waals surface area contributed by atoms with Gasteiger partial charge in [-0.25, -0.2) is 0 Å². The monoisotopic (exact) mass is 239 g/mol. The molecule has 0 aromatic rings. The fraction of sp³-hybridized carbons (Fsp3) is 0.929. The first-order chi connectivity index (χ1) is 8.24. The molecule has 17 heavy (non-hydrogen) atoms. The van der Waals surface area contributed by atoms with E-state index in [-0.39, 0.29) is 12.5 Å². The maximum atomic E-state index is 12.5. The first-order valence-electron chi connectivity index (χ1n) is 7.15. The van der Waals surface area contributed by atoms with Gasteiger partial charge in [0.25, 0.3) is 0 Å². The first kappa shape index (κ1) is 12.9. The molecule has 0 aromatic carbocycles. The average Bonchev–Trinajstić information content (AvgIpc) is 2.94. The standard InChI is InChI=1S/C14H25NO2/c1-11-5-2-8-13(11)14(17)15-9-3-6-12(15)7-4-10-16/h11-13,16H,2-10H2,1H3. The number of hydrogen-bond donors (Lipinski definition) is 1. The van der Waals surface area contributed by atoms with E-state index in [0.717, 1.165) is 38.6 Å². The lowest BCUT2D eigenvalue weighted by Crippen LogP contribution is -2.40. The van der Waals surface area contributed by atoms with Gasteiger partial charge in [-0.05, 0) is 44.4 Å². The van der Waals surface area contributed by atoms with Crippen molar-refractivity contribution in [3.63, 3.8) is 0 Å². The lowest BCUT2D eigenvalue weighted by atomic mass is 9.96. The molecule has 1 saturated carbocycles. The fourth-order valence-electron chi connectivity index (χ4n) is 3.48. The fourth-order valence-corrected chi connectivity index (χ4v) is 3.48. The normalized spacial score (nSPS) is 33.3. The minimum Gasteiger partial charge on any atom is -0.396 e. The maximum absolute atomic E-state index is 12.5. The molecule has 2 aliphatic rings. The van der Waals surface area contributed by atoms with Gasteiger partial charge < -0.3 is 10.0 Å². The molecule has 3 heteroatoms. The van der Waals surface area contributed by atoms with E-state index in [1.807, 2.05) is 0 Å². The highest BCUT2D eigenvalue weighted by Gasteiger charge is 2.36. The summed E-state index contributed by atoms with van der Waals surface area (Å²) in [4.78, 5) is 14.6. The molecule has 0 bridgehead atoms. The van der Waals surface area contributed by atoms with Crippen molar-refractivity contribution in [3.05, 3.63) is 0 Å². The zero-order valence-corrected chi connectivity index (χ0v) is 10.9. The van der Waals surface area contributed by atoms with E-state index in [2.05, 4.69) is 11.8 Å². The molecule has 1 aliphatic heterocycles. The van der Waals surface area contributed by atoms with Crippen LogP contribution in [-0.4, -0.2) is 35.1 Å². The number of rotatable bonds is 4. The van der Waals surface area contributed by atoms with Crippen LogP contribution in [0.5, 0.6) is 0 Å². The zero-order chi connectivity index (χ0) is 12.3. The lowest BCUT2D eigenvalue weighted by Gasteiger charge is -2.29. The molecule has 1 N–H and O–H groups in total. The number of hydrogen-bond acceptors (Lipinski definition) is 2. The summed E-state index contributed by atoms with van der Waals surface area (Å²) in [6, 6.07) is 0.405. The summed E-state index contributed by atoms with van der Waals surface area (Å²) >= 11 is 0. The van der Waals surface area contributed by atoms with Crippen LogP contribution in [0.2, 0.25) is 0 Å². The Labute approximate surface area is 104 Å². The van der Waals surface area contributed by atoms with E-state index in [1.165, 1.54) is 12.8 Å². The van der Waals surface area contributed by atoms with Gasteiger partial charge in [-0.2, -0.15) is 0 Å². The summed E-state index contributed by atoms with van der Waals surface area (Å²) in [5, 5.41) is 8.90. The van der Waals surface area contributed by atoms with Gasteiger partial charge in [0, 0.05) is 25.1 Å². The van der Waals surface area contributed by atoms with Crippen LogP contribution in [-0.2, 0) is 4.79 Å². The molecule has 98 valence electrons. The van der Waals surface area contributed by atoms with Crippen LogP contribution in [0.4, 0.5) is 0 Å². The number of likely N-dealkylation sites (tertiary alicyclic amines) is 1. The van der Waals surface area contributed by atoms with E-state index in [9.17, 15) is 4.79 Å². The molecular formula is C14H25NO2. The van der Waals surface area contributed by atoms with Crippen LogP contribution >= 0.6 is 0 Å². The second-order valence-corrected chi connectivity index (χ2v) is 5.71. The third-order valence-corrected chi connectivity index (χ3v) is 4.53. The van der Waals surface area contributed by atoms with Crippen molar-refractivity contribution in [3.8, 4) is 0 Å². The first-order valence-corrected chi connectivity index (χ1v) is 7.15. The Morgan fingerprint density at radius 3 is 2.76 bits per heavy atom. The van der Waals surface area contributed by atoms with Crippen molar-refractivity contribution in [2.75, 3.05) is 13.2 Å². The summed E-state index contributed by atoms with van der Waals surface area (Å²) in [7, 11) is 0. The molecule has 3 nitrogen and oxygen atoms in total. The molecule has 0 aromatic heterocycles. The molecule has 3 unspecified atom stereocenters. The van der Waals surface area contributed by atoms with Crippen molar-refractivity contribution >= 4 is 5.91 Å². The SMILES string of the molecule is CC1CCCC1C(=O)N1CCCC1CCCO. The van der Waals surface area contributed by atoms with E-state index < -0.39 is 0 Å². The van der Waals surface area contributed by atoms with Crippen LogP contribution in [0.15, 0.2) is 0 Å². The summed E-state index contributed by atoms with van der Waals surface area (Å²) < 4.78 is 0. The number of aliphatic hydroxyl groups excluding tert-OH is 1. The predicted molar refractivity (Wildman–Crippen MR) is 67.6 cm³/mol. The third-order valence-electron chi connectivity index (χ3n) is 4.53. The largest absolute Gasteiger partial charge is 0.396 e. The van der Waals surface area contributed by atoms with Crippen LogP contribution in [0.1, 0.15) is 51.9 Å². The predicted octanol–water partition coefficient (Wildman–Crippen LogP) is 2.19. The molecule has 1 aliphatic carbocycles. The second-order valence-electron chi connectivity index (χ2n) is 5.71. The van der Waals surface area contributed by atoms with Gasteiger partial charge in [-0.15, -0.1) is 0 Å². The molecule has 1 amide bonds. The lowest BCUT2D eigenvalue weighted by molar-refractivity contribution is -0.137. The Kier molecular flexibility index (Phi) is 4.43. The Morgan fingerprint density at radius 1 is 1.29 bits per heavy atom. The van der Waals surface area contributed by atoms with Gasteiger partial charge in [-0.3, -0.25) is 4.79 Å². The van der Waals surface area contributed by atoms with Gasteiger partial charge in [0.05, 0.1) is 0 Å². The van der Waals surface area contributed by atoms with Crippen LogP contribution in [0.3, 0.4) is 0 Å². The maximum Gasteiger partial charge on any atom is 0.226 e. The van der Waals surface area contributed by atoms with E-state index in [0.29, 0.717) is 17.9 Å². The number of nitrogens with zero attached hydrogens (tertiary/aromatic N) is 1. The van der Waals surface area contributed by atoms with Gasteiger partial charge >= 0.3 is 0 Å². The van der Waals surface area contributed by atoms with Gasteiger partial charge in [0.15, 0.2) is 0 Å². The zero-order valence-electron chi connectivity index (χ0n) is 10.9. The van der Waals surface area contributed by atoms with Crippen molar-refractivity contribution in [1.29, 1.82) is 0 Å². The number of carbonyl (C=O) groups excluding carboxylic acids is 1. The minimum atomic E-state index is 0.248. The second kappa shape index (κ2) is 5.85. The van der Waals surface area contributed by atoms with Crippen molar-refractivity contribution in [2.45, 2.75) is 57.9 Å². The Morgan fingerprint density at radius 2 is 2.12 bits per heavy atom. The quantitative estimate of drug-likeness (QED) is 0.817. The Balaban J connectivity index is 1.93. The van der Waals surface area contributed by atoms with Crippen molar-refractivity contribution in [1.82, 2.24) is 4.90 Å². The van der Waals surface area contributed by atoms with Gasteiger partial charge in [0.2, 0.25) is 5.91 Å². The van der Waals surface area contributed by atoms with Crippen molar-refractivity contribution < 1.29 is 9.90 Å². The van der Waals surface area contributed by atoms with E-state index in [4.69, 9.17) is 5.11 Å². The topological polar surface area (TPSA) is 40.5 Å². The number of amides is 1. The van der Waals surface area contributed by atoms with Crippen LogP contribution in [0, 0.1) is 11.8 Å².